The summed E-state index contributed by atoms with van der Waals surface area (Å²) < 4.78 is 0. The number of rotatable bonds is 3. The lowest BCUT2D eigenvalue weighted by atomic mass is 10.2. The molecule has 0 bridgehead atoms. The van der Waals surface area contributed by atoms with E-state index in [4.69, 9.17) is 17.3 Å². The molecule has 0 aliphatic heterocycles. The zero-order chi connectivity index (χ0) is 14.7. The van der Waals surface area contributed by atoms with Gasteiger partial charge in [-0.2, -0.15) is 0 Å². The van der Waals surface area contributed by atoms with E-state index < -0.39 is 10.8 Å². The van der Waals surface area contributed by atoms with Crippen LogP contribution in [0.25, 0.3) is 0 Å². The van der Waals surface area contributed by atoms with Crippen LogP contribution in [0.2, 0.25) is 5.02 Å². The number of non-ortho nitro benzene ring substituents is 1. The number of nitrogens with two attached hydrogens (primary N) is 1. The lowest BCUT2D eigenvalue weighted by Gasteiger charge is -2.07. The first-order chi connectivity index (χ1) is 9.49. The molecule has 0 saturated carbocycles. The quantitative estimate of drug-likeness (QED) is 0.667. The van der Waals surface area contributed by atoms with E-state index in [1.807, 2.05) is 0 Å². The molecule has 20 heavy (non-hydrogen) atoms. The summed E-state index contributed by atoms with van der Waals surface area (Å²) in [7, 11) is 0. The minimum Gasteiger partial charge on any atom is -0.397 e. The van der Waals surface area contributed by atoms with E-state index in [0.29, 0.717) is 0 Å². The van der Waals surface area contributed by atoms with Crippen LogP contribution in [0.15, 0.2) is 36.5 Å². The summed E-state index contributed by atoms with van der Waals surface area (Å²) in [5.74, 6) is -0.543. The van der Waals surface area contributed by atoms with E-state index in [2.05, 4.69) is 10.3 Å². The topological polar surface area (TPSA) is 111 Å². The number of nitrogens with one attached hydrogen (secondary N) is 1. The van der Waals surface area contributed by atoms with Crippen molar-refractivity contribution in [2.45, 2.75) is 0 Å². The highest BCUT2D eigenvalue weighted by molar-refractivity contribution is 6.34. The average Bonchev–Trinajstić information content (AvgIpc) is 2.41. The van der Waals surface area contributed by atoms with E-state index in [1.54, 1.807) is 12.1 Å². The summed E-state index contributed by atoms with van der Waals surface area (Å²) in [4.78, 5) is 25.8. The highest BCUT2D eigenvalue weighted by Gasteiger charge is 2.14. The van der Waals surface area contributed by atoms with E-state index in [0.717, 1.165) is 6.07 Å². The van der Waals surface area contributed by atoms with Gasteiger partial charge < -0.3 is 11.1 Å². The fraction of sp³-hybridized carbons (Fsp3) is 0. The van der Waals surface area contributed by atoms with Crippen LogP contribution in [0.1, 0.15) is 10.5 Å². The molecule has 0 spiro atoms. The maximum absolute atomic E-state index is 12.0. The third-order valence-corrected chi connectivity index (χ3v) is 2.78. The minimum atomic E-state index is -0.575. The van der Waals surface area contributed by atoms with Crippen molar-refractivity contribution in [1.29, 1.82) is 0 Å². The molecule has 0 saturated heterocycles. The molecule has 2 rings (SSSR count). The van der Waals surface area contributed by atoms with Gasteiger partial charge in [0.2, 0.25) is 0 Å². The second kappa shape index (κ2) is 5.54. The van der Waals surface area contributed by atoms with Gasteiger partial charge in [0.1, 0.15) is 0 Å². The molecule has 0 radical (unpaired) electrons. The summed E-state index contributed by atoms with van der Waals surface area (Å²) in [6.45, 7) is 0. The number of carbonyl (C=O) groups excluding carboxylic acids is 1. The number of hydrogen-bond acceptors (Lipinski definition) is 5. The number of halogens is 1. The van der Waals surface area contributed by atoms with Crippen molar-refractivity contribution in [3.8, 4) is 0 Å². The van der Waals surface area contributed by atoms with Crippen LogP contribution in [0, 0.1) is 10.1 Å². The Hall–Kier alpha value is -2.67. The molecule has 0 unspecified atom stereocenters. The van der Waals surface area contributed by atoms with Crippen molar-refractivity contribution >= 4 is 34.6 Å². The molecule has 0 aliphatic carbocycles. The fourth-order valence-electron chi connectivity index (χ4n) is 1.51. The average molecular weight is 293 g/mol. The molecule has 1 amide bonds. The Kier molecular flexibility index (Phi) is 3.81. The van der Waals surface area contributed by atoms with Gasteiger partial charge in [-0.15, -0.1) is 0 Å². The Morgan fingerprint density at radius 1 is 1.40 bits per heavy atom. The monoisotopic (exact) mass is 292 g/mol. The summed E-state index contributed by atoms with van der Waals surface area (Å²) in [6, 6.07) is 6.88. The number of nitro benzene ring substituents is 1. The molecule has 8 heteroatoms. The van der Waals surface area contributed by atoms with Gasteiger partial charge >= 0.3 is 0 Å². The van der Waals surface area contributed by atoms with E-state index in [9.17, 15) is 14.9 Å². The number of hydrogen-bond donors (Lipinski definition) is 2. The molecule has 0 fully saturated rings. The Morgan fingerprint density at radius 3 is 2.75 bits per heavy atom. The van der Waals surface area contributed by atoms with Gasteiger partial charge in [0.15, 0.2) is 5.69 Å². The number of pyridine rings is 1. The third-order valence-electron chi connectivity index (χ3n) is 2.47. The smallest absolute Gasteiger partial charge is 0.276 e. The first-order valence-corrected chi connectivity index (χ1v) is 5.82. The molecular formula is C12H9ClN4O3. The highest BCUT2D eigenvalue weighted by atomic mass is 35.5. The van der Waals surface area contributed by atoms with Crippen LogP contribution in [0.5, 0.6) is 0 Å². The minimum absolute atomic E-state index is 0.0573. The largest absolute Gasteiger partial charge is 0.397 e. The number of benzene rings is 1. The molecule has 102 valence electrons. The molecule has 3 N–H and O–H groups in total. The van der Waals surface area contributed by atoms with Gasteiger partial charge in [0.05, 0.1) is 21.3 Å². The molecule has 7 nitrogen and oxygen atoms in total. The van der Waals surface area contributed by atoms with Crippen molar-refractivity contribution in [3.05, 3.63) is 57.4 Å². The third kappa shape index (κ3) is 2.83. The first-order valence-electron chi connectivity index (χ1n) is 5.45. The van der Waals surface area contributed by atoms with Crippen LogP contribution in [0.3, 0.4) is 0 Å². The lowest BCUT2D eigenvalue weighted by molar-refractivity contribution is -0.384. The van der Waals surface area contributed by atoms with Gasteiger partial charge in [-0.1, -0.05) is 11.6 Å². The van der Waals surface area contributed by atoms with E-state index in [-0.39, 0.29) is 27.8 Å². The van der Waals surface area contributed by atoms with Crippen LogP contribution >= 0.6 is 11.6 Å². The number of aromatic nitrogens is 1. The van der Waals surface area contributed by atoms with Crippen molar-refractivity contribution in [2.24, 2.45) is 0 Å². The Bertz CT molecular complexity index is 690. The fourth-order valence-corrected chi connectivity index (χ4v) is 1.73. The van der Waals surface area contributed by atoms with Gasteiger partial charge in [0.25, 0.3) is 11.6 Å². The molecule has 2 aromatic rings. The number of anilines is 2. The van der Waals surface area contributed by atoms with Gasteiger partial charge in [-0.3, -0.25) is 14.9 Å². The predicted octanol–water partition coefficient (Wildman–Crippen LogP) is 2.48. The Labute approximate surface area is 118 Å². The van der Waals surface area contributed by atoms with Crippen LogP contribution in [0.4, 0.5) is 17.1 Å². The van der Waals surface area contributed by atoms with Crippen LogP contribution in [-0.4, -0.2) is 15.8 Å². The normalized spacial score (nSPS) is 10.1. The number of nitro groups is 1. The molecular weight excluding hydrogens is 284 g/mol. The summed E-state index contributed by atoms with van der Waals surface area (Å²) in [5.41, 5.74) is 5.99. The summed E-state index contributed by atoms with van der Waals surface area (Å²) >= 11 is 5.87. The maximum Gasteiger partial charge on any atom is 0.276 e. The zero-order valence-corrected chi connectivity index (χ0v) is 10.8. The van der Waals surface area contributed by atoms with Gasteiger partial charge in [0, 0.05) is 18.3 Å². The molecule has 0 atom stereocenters. The number of nitrogens with zero attached hydrogens (tertiary/aromatic N) is 2. The number of carbonyl (C=O) groups is 1. The first kappa shape index (κ1) is 13.8. The molecule has 1 aromatic heterocycles. The van der Waals surface area contributed by atoms with Gasteiger partial charge in [-0.05, 0) is 18.2 Å². The van der Waals surface area contributed by atoms with Crippen molar-refractivity contribution < 1.29 is 9.72 Å². The van der Waals surface area contributed by atoms with Gasteiger partial charge in [-0.25, -0.2) is 4.98 Å². The number of amides is 1. The Morgan fingerprint density at radius 2 is 2.15 bits per heavy atom. The standard InChI is InChI=1S/C12H9ClN4O3/c13-8-6-7(17(19)20)3-4-10(8)16-12(18)11-9(14)2-1-5-15-11/h1-6H,14H2,(H,16,18). The van der Waals surface area contributed by atoms with Crippen LogP contribution < -0.4 is 11.1 Å². The van der Waals surface area contributed by atoms with Crippen LogP contribution in [-0.2, 0) is 0 Å². The van der Waals surface area contributed by atoms with Crippen molar-refractivity contribution in [2.75, 3.05) is 11.1 Å². The Balaban J connectivity index is 2.25. The number of nitrogen functional groups attached to an aromatic ring is 1. The second-order valence-electron chi connectivity index (χ2n) is 3.82. The molecule has 1 heterocycles. The van der Waals surface area contributed by atoms with Crippen molar-refractivity contribution in [3.63, 3.8) is 0 Å². The highest BCUT2D eigenvalue weighted by Crippen LogP contribution is 2.27. The zero-order valence-electron chi connectivity index (χ0n) is 10.0. The molecule has 1 aromatic carbocycles. The van der Waals surface area contributed by atoms with E-state index in [1.165, 1.54) is 18.3 Å². The maximum atomic E-state index is 12.0. The predicted molar refractivity (Wildman–Crippen MR) is 74.7 cm³/mol. The SMILES string of the molecule is Nc1cccnc1C(=O)Nc1ccc([N+](=O)[O-])cc1Cl. The lowest BCUT2D eigenvalue weighted by Crippen LogP contribution is -2.16. The van der Waals surface area contributed by atoms with Crippen molar-refractivity contribution in [1.82, 2.24) is 4.98 Å². The summed E-state index contributed by atoms with van der Waals surface area (Å²) in [6.07, 6.45) is 1.43. The molecule has 0 aliphatic rings. The van der Waals surface area contributed by atoms with E-state index >= 15 is 0 Å². The summed E-state index contributed by atoms with van der Waals surface area (Å²) in [5, 5.41) is 13.1. The second-order valence-corrected chi connectivity index (χ2v) is 4.22.